The monoisotopic (exact) mass is 414 g/mol. The molecule has 0 aliphatic heterocycles. The Morgan fingerprint density at radius 2 is 2.00 bits per heavy atom. The summed E-state index contributed by atoms with van der Waals surface area (Å²) < 4.78 is 6.46. The number of carboxylic acids is 1. The van der Waals surface area contributed by atoms with E-state index in [-0.39, 0.29) is 0 Å². The number of aliphatic carboxylic acids is 1. The number of hydrogen-bond acceptors (Lipinski definition) is 4. The van der Waals surface area contributed by atoms with Gasteiger partial charge in [0.2, 0.25) is 0 Å². The molecule has 0 amide bonds. The second-order valence-electron chi connectivity index (χ2n) is 4.16. The summed E-state index contributed by atoms with van der Waals surface area (Å²) in [5.41, 5.74) is 1.07. The number of carbonyl (C=O) groups is 1. The minimum absolute atomic E-state index is 0.404. The van der Waals surface area contributed by atoms with Crippen LogP contribution in [0.3, 0.4) is 0 Å². The number of aromatic nitrogens is 1. The molecule has 1 aromatic carbocycles. The van der Waals surface area contributed by atoms with E-state index < -0.39 is 12.0 Å². The number of benzene rings is 1. The van der Waals surface area contributed by atoms with Crippen molar-refractivity contribution in [2.75, 3.05) is 12.4 Å². The first-order valence-electron chi connectivity index (χ1n) is 5.95. The Morgan fingerprint density at radius 3 is 2.52 bits per heavy atom. The third-order valence-corrected chi connectivity index (χ3v) is 3.83. The zero-order valence-electron chi connectivity index (χ0n) is 11.0. The minimum atomic E-state index is -1.01. The maximum atomic E-state index is 11.5. The van der Waals surface area contributed by atoms with Gasteiger partial charge in [0.1, 0.15) is 5.75 Å². The quantitative estimate of drug-likeness (QED) is 0.775. The van der Waals surface area contributed by atoms with E-state index in [4.69, 9.17) is 4.74 Å². The average Bonchev–Trinajstić information content (AvgIpc) is 2.46. The van der Waals surface area contributed by atoms with Gasteiger partial charge in [0.15, 0.2) is 6.04 Å². The molecular formula is C14H12Br2N2O3. The standard InChI is InChI=1S/C14H12Br2N2O3/c1-21-10-4-2-9(3-5-10)18-13(14(19)20)12-11(16)6-8(15)7-17-12/h2-7,13,18H,1H3,(H,19,20). The highest BCUT2D eigenvalue weighted by molar-refractivity contribution is 9.11. The number of anilines is 1. The van der Waals surface area contributed by atoms with E-state index in [1.165, 1.54) is 0 Å². The molecule has 0 aliphatic rings. The molecule has 7 heteroatoms. The Kier molecular flexibility index (Phi) is 5.19. The van der Waals surface area contributed by atoms with Gasteiger partial charge in [-0.15, -0.1) is 0 Å². The van der Waals surface area contributed by atoms with Gasteiger partial charge in [0, 0.05) is 20.8 Å². The summed E-state index contributed by atoms with van der Waals surface area (Å²) in [6, 6.07) is 7.81. The summed E-state index contributed by atoms with van der Waals surface area (Å²) in [4.78, 5) is 15.7. The van der Waals surface area contributed by atoms with E-state index in [1.54, 1.807) is 43.6 Å². The van der Waals surface area contributed by atoms with Crippen molar-refractivity contribution in [3.8, 4) is 5.75 Å². The molecule has 5 nitrogen and oxygen atoms in total. The molecule has 0 fully saturated rings. The maximum Gasteiger partial charge on any atom is 0.332 e. The third-order valence-electron chi connectivity index (χ3n) is 2.76. The topological polar surface area (TPSA) is 71.5 Å². The van der Waals surface area contributed by atoms with Crippen LogP contribution in [0.15, 0.2) is 45.5 Å². The van der Waals surface area contributed by atoms with Crippen LogP contribution < -0.4 is 10.1 Å². The lowest BCUT2D eigenvalue weighted by atomic mass is 10.1. The number of hydrogen-bond donors (Lipinski definition) is 2. The molecule has 2 aromatic rings. The molecule has 0 saturated carbocycles. The second kappa shape index (κ2) is 6.91. The first-order chi connectivity index (χ1) is 10.0. The molecule has 110 valence electrons. The molecule has 0 bridgehead atoms. The van der Waals surface area contributed by atoms with Gasteiger partial charge in [-0.25, -0.2) is 4.79 Å². The van der Waals surface area contributed by atoms with Gasteiger partial charge in [0.05, 0.1) is 12.8 Å². The van der Waals surface area contributed by atoms with Crippen molar-refractivity contribution in [2.24, 2.45) is 0 Å². The summed E-state index contributed by atoms with van der Waals surface area (Å²) in [7, 11) is 1.57. The van der Waals surface area contributed by atoms with Gasteiger partial charge in [-0.1, -0.05) is 0 Å². The van der Waals surface area contributed by atoms with Gasteiger partial charge in [-0.05, 0) is 62.2 Å². The summed E-state index contributed by atoms with van der Waals surface area (Å²) in [6.45, 7) is 0. The van der Waals surface area contributed by atoms with Crippen LogP contribution in [0.4, 0.5) is 5.69 Å². The van der Waals surface area contributed by atoms with Gasteiger partial charge < -0.3 is 15.2 Å². The largest absolute Gasteiger partial charge is 0.497 e. The molecule has 21 heavy (non-hydrogen) atoms. The number of ether oxygens (including phenoxy) is 1. The Bertz CT molecular complexity index is 647. The molecule has 1 heterocycles. The number of halogens is 2. The Labute approximate surface area is 138 Å². The number of methoxy groups -OCH3 is 1. The van der Waals surface area contributed by atoms with Gasteiger partial charge in [0.25, 0.3) is 0 Å². The summed E-state index contributed by atoms with van der Waals surface area (Å²) in [6.07, 6.45) is 1.56. The smallest absolute Gasteiger partial charge is 0.332 e. The number of rotatable bonds is 5. The van der Waals surface area contributed by atoms with Crippen molar-refractivity contribution in [3.63, 3.8) is 0 Å². The van der Waals surface area contributed by atoms with Crippen LogP contribution >= 0.6 is 31.9 Å². The second-order valence-corrected chi connectivity index (χ2v) is 5.93. The van der Waals surface area contributed by atoms with Gasteiger partial charge in [-0.3, -0.25) is 4.98 Å². The van der Waals surface area contributed by atoms with Crippen LogP contribution in [-0.2, 0) is 4.79 Å². The highest BCUT2D eigenvalue weighted by atomic mass is 79.9. The first kappa shape index (κ1) is 15.8. The molecule has 0 aliphatic carbocycles. The fraction of sp³-hybridized carbons (Fsp3) is 0.143. The zero-order valence-corrected chi connectivity index (χ0v) is 14.2. The first-order valence-corrected chi connectivity index (χ1v) is 7.54. The molecule has 0 spiro atoms. The van der Waals surface area contributed by atoms with E-state index >= 15 is 0 Å². The predicted molar refractivity (Wildman–Crippen MR) is 86.6 cm³/mol. The van der Waals surface area contributed by atoms with Crippen molar-refractivity contribution < 1.29 is 14.6 Å². The van der Waals surface area contributed by atoms with E-state index in [9.17, 15) is 9.90 Å². The van der Waals surface area contributed by atoms with Crippen molar-refractivity contribution in [3.05, 3.63) is 51.2 Å². The van der Waals surface area contributed by atoms with E-state index in [1.807, 2.05) is 0 Å². The Balaban J connectivity index is 2.28. The van der Waals surface area contributed by atoms with Crippen LogP contribution in [0.5, 0.6) is 5.75 Å². The van der Waals surface area contributed by atoms with Crippen molar-refractivity contribution in [2.45, 2.75) is 6.04 Å². The Hall–Kier alpha value is -1.60. The summed E-state index contributed by atoms with van der Waals surface area (Å²) in [5, 5.41) is 12.4. The molecule has 2 rings (SSSR count). The van der Waals surface area contributed by atoms with Crippen LogP contribution in [0.2, 0.25) is 0 Å². The number of nitrogens with zero attached hydrogens (tertiary/aromatic N) is 1. The number of pyridine rings is 1. The Morgan fingerprint density at radius 1 is 1.33 bits per heavy atom. The fourth-order valence-electron chi connectivity index (χ4n) is 1.74. The third kappa shape index (κ3) is 3.95. The van der Waals surface area contributed by atoms with Crippen LogP contribution in [0.1, 0.15) is 11.7 Å². The summed E-state index contributed by atoms with van der Waals surface area (Å²) in [5.74, 6) is -0.309. The summed E-state index contributed by atoms with van der Waals surface area (Å²) >= 11 is 6.63. The lowest BCUT2D eigenvalue weighted by Crippen LogP contribution is -2.22. The number of nitrogens with one attached hydrogen (secondary N) is 1. The lowest BCUT2D eigenvalue weighted by molar-refractivity contribution is -0.138. The van der Waals surface area contributed by atoms with E-state index in [0.717, 1.165) is 4.47 Å². The molecule has 1 atom stereocenters. The van der Waals surface area contributed by atoms with Gasteiger partial charge >= 0.3 is 5.97 Å². The van der Waals surface area contributed by atoms with E-state index in [0.29, 0.717) is 21.6 Å². The highest BCUT2D eigenvalue weighted by Gasteiger charge is 2.23. The van der Waals surface area contributed by atoms with Crippen LogP contribution in [0.25, 0.3) is 0 Å². The van der Waals surface area contributed by atoms with Crippen molar-refractivity contribution >= 4 is 43.5 Å². The molecule has 1 aromatic heterocycles. The number of carboxylic acid groups (broad SMARTS) is 1. The molecule has 1 unspecified atom stereocenters. The SMILES string of the molecule is COc1ccc(NC(C(=O)O)c2ncc(Br)cc2Br)cc1. The van der Waals surface area contributed by atoms with E-state index in [2.05, 4.69) is 42.2 Å². The highest BCUT2D eigenvalue weighted by Crippen LogP contribution is 2.28. The zero-order chi connectivity index (χ0) is 15.4. The molecular weight excluding hydrogens is 404 g/mol. The molecule has 0 saturated heterocycles. The van der Waals surface area contributed by atoms with Crippen LogP contribution in [0, 0.1) is 0 Å². The average molecular weight is 416 g/mol. The predicted octanol–water partition coefficient (Wildman–Crippen LogP) is 3.85. The minimum Gasteiger partial charge on any atom is -0.497 e. The van der Waals surface area contributed by atoms with Crippen LogP contribution in [-0.4, -0.2) is 23.2 Å². The molecule has 0 radical (unpaired) electrons. The lowest BCUT2D eigenvalue weighted by Gasteiger charge is -2.17. The molecule has 2 N–H and O–H groups in total. The van der Waals surface area contributed by atoms with Crippen molar-refractivity contribution in [1.82, 2.24) is 4.98 Å². The fourth-order valence-corrected chi connectivity index (χ4v) is 2.95. The maximum absolute atomic E-state index is 11.5. The normalized spacial score (nSPS) is 11.8. The van der Waals surface area contributed by atoms with Gasteiger partial charge in [-0.2, -0.15) is 0 Å². The van der Waals surface area contributed by atoms with Crippen molar-refractivity contribution in [1.29, 1.82) is 0 Å².